The number of fused-ring (bicyclic) bond motifs is 1. The number of hydrogen-bond donors (Lipinski definition) is 1. The molecule has 2 N–H and O–H groups in total. The number of sulfonamides is 1. The smallest absolute Gasteiger partial charge is 0.434 e. The molecule has 0 aliphatic carbocycles. The molecule has 0 radical (unpaired) electrons. The Bertz CT molecular complexity index is 1230. The van der Waals surface area contributed by atoms with E-state index in [1.807, 2.05) is 13.8 Å². The van der Waals surface area contributed by atoms with Gasteiger partial charge >= 0.3 is 6.16 Å². The van der Waals surface area contributed by atoms with E-state index in [4.69, 9.17) is 15.2 Å². The van der Waals surface area contributed by atoms with Crippen LogP contribution in [-0.2, 0) is 26.2 Å². The number of rotatable bonds is 8. The normalized spacial score (nSPS) is 17.6. The zero-order valence-electron chi connectivity index (χ0n) is 21.2. The number of pyridine rings is 1. The predicted molar refractivity (Wildman–Crippen MR) is 134 cm³/mol. The Morgan fingerprint density at radius 3 is 2.43 bits per heavy atom. The van der Waals surface area contributed by atoms with Crippen LogP contribution in [0.1, 0.15) is 53.9 Å². The van der Waals surface area contributed by atoms with Crippen molar-refractivity contribution in [1.82, 2.24) is 8.87 Å². The summed E-state index contributed by atoms with van der Waals surface area (Å²) in [4.78, 5) is 25.2. The molecular formula is C25H37N3O6S. The Kier molecular flexibility index (Phi) is 7.98. The molecular weight excluding hydrogens is 470 g/mol. The summed E-state index contributed by atoms with van der Waals surface area (Å²) in [6.45, 7) is 11.0. The van der Waals surface area contributed by atoms with Gasteiger partial charge in [-0.15, -0.1) is 0 Å². The summed E-state index contributed by atoms with van der Waals surface area (Å²) >= 11 is 0. The van der Waals surface area contributed by atoms with E-state index >= 15 is 0 Å². The molecule has 1 aromatic carbocycles. The van der Waals surface area contributed by atoms with Gasteiger partial charge in [0, 0.05) is 36.1 Å². The second-order valence-corrected chi connectivity index (χ2v) is 13.2. The predicted octanol–water partition coefficient (Wildman–Crippen LogP) is 3.69. The third kappa shape index (κ3) is 6.83. The highest BCUT2D eigenvalue weighted by molar-refractivity contribution is 7.89. The van der Waals surface area contributed by atoms with E-state index < -0.39 is 21.7 Å². The van der Waals surface area contributed by atoms with Gasteiger partial charge in [-0.1, -0.05) is 40.7 Å². The van der Waals surface area contributed by atoms with E-state index in [1.165, 1.54) is 27.2 Å². The van der Waals surface area contributed by atoms with Gasteiger partial charge in [0.25, 0.3) is 5.56 Å². The molecule has 9 nitrogen and oxygen atoms in total. The third-order valence-corrected chi connectivity index (χ3v) is 8.16. The molecule has 1 aliphatic heterocycles. The molecule has 2 heterocycles. The zero-order valence-corrected chi connectivity index (χ0v) is 22.1. The summed E-state index contributed by atoms with van der Waals surface area (Å²) in [7, 11) is -3.79. The summed E-state index contributed by atoms with van der Waals surface area (Å²) in [6.07, 6.45) is 3.04. The van der Waals surface area contributed by atoms with Crippen LogP contribution in [0.15, 0.2) is 40.2 Å². The van der Waals surface area contributed by atoms with Crippen LogP contribution in [0.25, 0.3) is 10.8 Å². The SMILES string of the molecule is CC(C)(C)CCC(C)(C)COC(=O)OCn1ccc2c(S(=O)(=O)N3CCC(N)C3)cccc2c1=O. The molecule has 1 atom stereocenters. The fraction of sp³-hybridized carbons (Fsp3) is 0.600. The number of nitrogens with two attached hydrogens (primary N) is 1. The number of carbonyl (C=O) groups is 1. The van der Waals surface area contributed by atoms with Crippen LogP contribution < -0.4 is 11.3 Å². The first-order chi connectivity index (χ1) is 16.2. The van der Waals surface area contributed by atoms with Gasteiger partial charge in [0.2, 0.25) is 10.0 Å². The summed E-state index contributed by atoms with van der Waals surface area (Å²) in [6, 6.07) is 5.92. The van der Waals surface area contributed by atoms with Gasteiger partial charge in [-0.05, 0) is 48.3 Å². The van der Waals surface area contributed by atoms with Crippen LogP contribution in [-0.4, -0.2) is 49.2 Å². The maximum atomic E-state index is 13.1. The fourth-order valence-electron chi connectivity index (χ4n) is 3.93. The summed E-state index contributed by atoms with van der Waals surface area (Å²) in [5.41, 5.74) is 5.41. The van der Waals surface area contributed by atoms with E-state index in [-0.39, 0.29) is 47.0 Å². The number of benzene rings is 1. The third-order valence-electron chi connectivity index (χ3n) is 6.24. The van der Waals surface area contributed by atoms with E-state index in [1.54, 1.807) is 12.1 Å². The van der Waals surface area contributed by atoms with Gasteiger partial charge in [-0.3, -0.25) is 9.36 Å². The number of nitrogens with zero attached hydrogens (tertiary/aromatic N) is 2. The first-order valence-corrected chi connectivity index (χ1v) is 13.3. The molecule has 1 saturated heterocycles. The lowest BCUT2D eigenvalue weighted by molar-refractivity contribution is 0.00883. The summed E-state index contributed by atoms with van der Waals surface area (Å²) in [5.74, 6) is 0. The molecule has 0 spiro atoms. The molecule has 1 aromatic heterocycles. The monoisotopic (exact) mass is 507 g/mol. The van der Waals surface area contributed by atoms with E-state index in [0.29, 0.717) is 18.4 Å². The van der Waals surface area contributed by atoms with Crippen molar-refractivity contribution >= 4 is 27.0 Å². The summed E-state index contributed by atoms with van der Waals surface area (Å²) in [5, 5.41) is 0.537. The first-order valence-electron chi connectivity index (χ1n) is 11.9. The van der Waals surface area contributed by atoms with Crippen LogP contribution in [0.2, 0.25) is 0 Å². The Hall–Kier alpha value is -2.43. The van der Waals surface area contributed by atoms with Crippen LogP contribution in [0.3, 0.4) is 0 Å². The van der Waals surface area contributed by atoms with Crippen LogP contribution >= 0.6 is 0 Å². The van der Waals surface area contributed by atoms with Crippen LogP contribution in [0, 0.1) is 10.8 Å². The van der Waals surface area contributed by atoms with Crippen LogP contribution in [0.4, 0.5) is 4.79 Å². The molecule has 1 unspecified atom stereocenters. The van der Waals surface area contributed by atoms with Crippen LogP contribution in [0.5, 0.6) is 0 Å². The van der Waals surface area contributed by atoms with Crippen molar-refractivity contribution in [3.05, 3.63) is 40.8 Å². The highest BCUT2D eigenvalue weighted by Crippen LogP contribution is 2.31. The minimum atomic E-state index is -3.79. The Morgan fingerprint density at radius 2 is 1.80 bits per heavy atom. The highest BCUT2D eigenvalue weighted by Gasteiger charge is 2.32. The van der Waals surface area contributed by atoms with Gasteiger partial charge in [0.15, 0.2) is 6.73 Å². The van der Waals surface area contributed by atoms with Crippen molar-refractivity contribution in [2.24, 2.45) is 16.6 Å². The van der Waals surface area contributed by atoms with Gasteiger partial charge in [-0.2, -0.15) is 4.31 Å². The lowest BCUT2D eigenvalue weighted by Crippen LogP contribution is -2.32. The first kappa shape index (κ1) is 27.2. The lowest BCUT2D eigenvalue weighted by Gasteiger charge is -2.28. The number of aromatic nitrogens is 1. The molecule has 194 valence electrons. The molecule has 0 bridgehead atoms. The Morgan fingerprint density at radius 1 is 1.09 bits per heavy atom. The topological polar surface area (TPSA) is 121 Å². The maximum Gasteiger partial charge on any atom is 0.510 e. The van der Waals surface area contributed by atoms with Gasteiger partial charge in [0.05, 0.1) is 4.90 Å². The molecule has 1 fully saturated rings. The molecule has 1 aliphatic rings. The number of carbonyl (C=O) groups excluding carboxylic acids is 1. The lowest BCUT2D eigenvalue weighted by atomic mass is 9.80. The summed E-state index contributed by atoms with van der Waals surface area (Å²) < 4.78 is 39.3. The molecule has 0 amide bonds. The minimum absolute atomic E-state index is 0.0613. The molecule has 10 heteroatoms. The average molecular weight is 508 g/mol. The zero-order chi connectivity index (χ0) is 26.0. The van der Waals surface area contributed by atoms with Gasteiger partial charge in [-0.25, -0.2) is 13.2 Å². The Labute approximate surface area is 207 Å². The van der Waals surface area contributed by atoms with Crippen molar-refractivity contribution in [3.63, 3.8) is 0 Å². The van der Waals surface area contributed by atoms with E-state index in [0.717, 1.165) is 12.8 Å². The highest BCUT2D eigenvalue weighted by atomic mass is 32.2. The second kappa shape index (κ2) is 10.3. The fourth-order valence-corrected chi connectivity index (χ4v) is 5.65. The largest absolute Gasteiger partial charge is 0.510 e. The standard InChI is InChI=1S/C25H37N3O6S/c1-24(2,3)11-12-25(4,5)16-33-23(30)34-17-27-13-10-19-20(22(27)29)7-6-8-21(19)35(31,32)28-14-9-18(26)15-28/h6-8,10,13,18H,9,11-12,14-17,26H2,1-5H3. The minimum Gasteiger partial charge on any atom is -0.434 e. The molecule has 0 saturated carbocycles. The van der Waals surface area contributed by atoms with Gasteiger partial charge in [0.1, 0.15) is 6.61 Å². The number of ether oxygens (including phenoxy) is 2. The number of hydrogen-bond acceptors (Lipinski definition) is 7. The molecule has 3 rings (SSSR count). The van der Waals surface area contributed by atoms with Crippen molar-refractivity contribution in [1.29, 1.82) is 0 Å². The Balaban J connectivity index is 1.69. The van der Waals surface area contributed by atoms with Crippen molar-refractivity contribution in [2.75, 3.05) is 19.7 Å². The van der Waals surface area contributed by atoms with Crippen molar-refractivity contribution in [2.45, 2.75) is 71.5 Å². The van der Waals surface area contributed by atoms with Gasteiger partial charge < -0.3 is 15.2 Å². The maximum absolute atomic E-state index is 13.1. The second-order valence-electron chi connectivity index (χ2n) is 11.3. The average Bonchev–Trinajstić information content (AvgIpc) is 3.22. The van der Waals surface area contributed by atoms with Crippen molar-refractivity contribution in [3.8, 4) is 0 Å². The molecule has 2 aromatic rings. The quantitative estimate of drug-likeness (QED) is 0.541. The van der Waals surface area contributed by atoms with Crippen molar-refractivity contribution < 1.29 is 22.7 Å². The van der Waals surface area contributed by atoms with E-state index in [2.05, 4.69) is 20.8 Å². The molecule has 35 heavy (non-hydrogen) atoms. The van der Waals surface area contributed by atoms with E-state index in [9.17, 15) is 18.0 Å².